The highest BCUT2D eigenvalue weighted by Gasteiger charge is 2.09. The van der Waals surface area contributed by atoms with Crippen LogP contribution in [0.4, 0.5) is 0 Å². The minimum absolute atomic E-state index is 0.0769. The molecule has 0 aliphatic rings. The number of rotatable bonds is 11. The van der Waals surface area contributed by atoms with Crippen LogP contribution in [0, 0.1) is 0 Å². The normalized spacial score (nSPS) is 11.5. The second-order valence-electron chi connectivity index (χ2n) is 5.06. The number of para-hydroxylation sites is 2. The van der Waals surface area contributed by atoms with E-state index in [0.717, 1.165) is 0 Å². The summed E-state index contributed by atoms with van der Waals surface area (Å²) in [7, 11) is 1.53. The van der Waals surface area contributed by atoms with E-state index in [0.29, 0.717) is 31.1 Å². The van der Waals surface area contributed by atoms with Crippen LogP contribution in [0.25, 0.3) is 0 Å². The van der Waals surface area contributed by atoms with Crippen LogP contribution in [-0.4, -0.2) is 62.9 Å². The number of carbonyl (C=O) groups is 2. The Morgan fingerprint density at radius 3 is 2.46 bits per heavy atom. The van der Waals surface area contributed by atoms with Crippen molar-refractivity contribution in [3.05, 3.63) is 24.3 Å². The van der Waals surface area contributed by atoms with Crippen molar-refractivity contribution in [2.24, 2.45) is 0 Å². The maximum Gasteiger partial charge on any atom is 0.257 e. The minimum Gasteiger partial charge on any atom is -0.487 e. The van der Waals surface area contributed by atoms with Gasteiger partial charge in [-0.15, -0.1) is 0 Å². The second-order valence-corrected chi connectivity index (χ2v) is 5.06. The Morgan fingerprint density at radius 2 is 1.83 bits per heavy atom. The lowest BCUT2D eigenvalue weighted by Gasteiger charge is -2.15. The molecular formula is C16H25N3O5. The summed E-state index contributed by atoms with van der Waals surface area (Å²) in [4.78, 5) is 21.9. The van der Waals surface area contributed by atoms with Crippen molar-refractivity contribution in [3.63, 3.8) is 0 Å². The number of amides is 2. The Labute approximate surface area is 141 Å². The van der Waals surface area contributed by atoms with Gasteiger partial charge in [0.1, 0.15) is 12.7 Å². The molecule has 1 rings (SSSR count). The summed E-state index contributed by atoms with van der Waals surface area (Å²) in [5, 5.41) is 18.0. The number of likely N-dealkylation sites (N-methyl/N-ethyl adjacent to an activating group) is 1. The van der Waals surface area contributed by atoms with Crippen molar-refractivity contribution < 1.29 is 24.2 Å². The van der Waals surface area contributed by atoms with Crippen molar-refractivity contribution in [1.82, 2.24) is 16.0 Å². The summed E-state index contributed by atoms with van der Waals surface area (Å²) < 4.78 is 10.9. The molecule has 2 amide bonds. The number of aliphatic hydroxyl groups excluding tert-OH is 1. The minimum atomic E-state index is -0.714. The molecule has 0 aliphatic heterocycles. The highest BCUT2D eigenvalue weighted by molar-refractivity contribution is 5.77. The lowest BCUT2D eigenvalue weighted by Crippen LogP contribution is -2.36. The zero-order valence-electron chi connectivity index (χ0n) is 14.0. The monoisotopic (exact) mass is 339 g/mol. The number of hydrogen-bond acceptors (Lipinski definition) is 6. The van der Waals surface area contributed by atoms with Gasteiger partial charge in [-0.3, -0.25) is 9.59 Å². The van der Waals surface area contributed by atoms with Gasteiger partial charge < -0.3 is 30.5 Å². The lowest BCUT2D eigenvalue weighted by atomic mass is 10.3. The number of carbonyl (C=O) groups excluding carboxylic acids is 2. The lowest BCUT2D eigenvalue weighted by molar-refractivity contribution is -0.122. The maximum absolute atomic E-state index is 11.2. The molecule has 1 aromatic carbocycles. The van der Waals surface area contributed by atoms with Crippen LogP contribution in [0.5, 0.6) is 11.5 Å². The van der Waals surface area contributed by atoms with E-state index in [-0.39, 0.29) is 25.0 Å². The topological polar surface area (TPSA) is 109 Å². The Morgan fingerprint density at radius 1 is 1.17 bits per heavy atom. The van der Waals surface area contributed by atoms with Crippen LogP contribution < -0.4 is 25.4 Å². The number of aliphatic hydroxyl groups is 1. The molecule has 0 spiro atoms. The first-order valence-corrected chi connectivity index (χ1v) is 7.71. The van der Waals surface area contributed by atoms with Gasteiger partial charge in [0.05, 0.1) is 0 Å². The van der Waals surface area contributed by atoms with Gasteiger partial charge in [-0.2, -0.15) is 0 Å². The van der Waals surface area contributed by atoms with E-state index in [1.165, 1.54) is 14.0 Å². The van der Waals surface area contributed by atoms with Crippen LogP contribution in [0.1, 0.15) is 6.92 Å². The average molecular weight is 339 g/mol. The van der Waals surface area contributed by atoms with Crippen molar-refractivity contribution in [3.8, 4) is 11.5 Å². The van der Waals surface area contributed by atoms with Gasteiger partial charge in [-0.25, -0.2) is 0 Å². The zero-order valence-corrected chi connectivity index (χ0v) is 14.0. The number of hydrogen-bond donors (Lipinski definition) is 4. The van der Waals surface area contributed by atoms with E-state index in [1.54, 1.807) is 24.3 Å². The smallest absolute Gasteiger partial charge is 0.257 e. The molecule has 0 heterocycles. The molecule has 0 saturated heterocycles. The Balaban J connectivity index is 2.32. The molecule has 0 fully saturated rings. The standard InChI is InChI=1S/C16H25N3O5/c1-12(20)19-8-7-18-9-13(21)10-23-14-5-3-4-6-15(14)24-11-16(22)17-2/h3-6,13,18,21H,7-11H2,1-2H3,(H,17,22)(H,19,20). The zero-order chi connectivity index (χ0) is 17.8. The molecule has 1 aromatic rings. The van der Waals surface area contributed by atoms with E-state index in [1.807, 2.05) is 0 Å². The van der Waals surface area contributed by atoms with E-state index < -0.39 is 6.10 Å². The molecule has 0 bridgehead atoms. The Bertz CT molecular complexity index is 524. The Hall–Kier alpha value is -2.32. The van der Waals surface area contributed by atoms with E-state index in [2.05, 4.69) is 16.0 Å². The first-order valence-electron chi connectivity index (χ1n) is 7.71. The third-order valence-electron chi connectivity index (χ3n) is 2.97. The fourth-order valence-electron chi connectivity index (χ4n) is 1.74. The first kappa shape index (κ1) is 19.7. The largest absolute Gasteiger partial charge is 0.487 e. The maximum atomic E-state index is 11.2. The van der Waals surface area contributed by atoms with Crippen LogP contribution >= 0.6 is 0 Å². The predicted molar refractivity (Wildman–Crippen MR) is 89.1 cm³/mol. The van der Waals surface area contributed by atoms with Gasteiger partial charge in [0.15, 0.2) is 18.1 Å². The van der Waals surface area contributed by atoms with Gasteiger partial charge in [-0.05, 0) is 12.1 Å². The van der Waals surface area contributed by atoms with Crippen molar-refractivity contribution in [2.45, 2.75) is 13.0 Å². The van der Waals surface area contributed by atoms with E-state index in [4.69, 9.17) is 9.47 Å². The molecule has 1 atom stereocenters. The average Bonchev–Trinajstić information content (AvgIpc) is 2.57. The van der Waals surface area contributed by atoms with Crippen molar-refractivity contribution >= 4 is 11.8 Å². The van der Waals surface area contributed by atoms with Gasteiger partial charge in [-0.1, -0.05) is 12.1 Å². The van der Waals surface area contributed by atoms with Gasteiger partial charge in [0.2, 0.25) is 5.91 Å². The molecule has 4 N–H and O–H groups in total. The van der Waals surface area contributed by atoms with Crippen LogP contribution in [0.3, 0.4) is 0 Å². The summed E-state index contributed by atoms with van der Waals surface area (Å²) in [6.45, 7) is 2.81. The SMILES string of the molecule is CNC(=O)COc1ccccc1OCC(O)CNCCNC(C)=O. The molecule has 24 heavy (non-hydrogen) atoms. The van der Waals surface area contributed by atoms with Crippen LogP contribution in [0.15, 0.2) is 24.3 Å². The fourth-order valence-corrected chi connectivity index (χ4v) is 1.74. The number of benzene rings is 1. The van der Waals surface area contributed by atoms with Crippen LogP contribution in [-0.2, 0) is 9.59 Å². The first-order chi connectivity index (χ1) is 11.5. The van der Waals surface area contributed by atoms with Crippen molar-refractivity contribution in [1.29, 1.82) is 0 Å². The van der Waals surface area contributed by atoms with Gasteiger partial charge in [0, 0.05) is 33.6 Å². The predicted octanol–water partition coefficient (Wildman–Crippen LogP) is -0.723. The summed E-state index contributed by atoms with van der Waals surface area (Å²) in [5.74, 6) is 0.563. The quantitative estimate of drug-likeness (QED) is 0.396. The molecule has 0 saturated carbocycles. The molecule has 134 valence electrons. The van der Waals surface area contributed by atoms with Gasteiger partial charge in [0.25, 0.3) is 5.91 Å². The molecule has 0 aliphatic carbocycles. The summed E-state index contributed by atoms with van der Waals surface area (Å²) >= 11 is 0. The van der Waals surface area contributed by atoms with E-state index >= 15 is 0 Å². The highest BCUT2D eigenvalue weighted by atomic mass is 16.5. The summed E-state index contributed by atoms with van der Waals surface area (Å²) in [6, 6.07) is 6.94. The fraction of sp³-hybridized carbons (Fsp3) is 0.500. The molecular weight excluding hydrogens is 314 g/mol. The van der Waals surface area contributed by atoms with Crippen LogP contribution in [0.2, 0.25) is 0 Å². The molecule has 1 unspecified atom stereocenters. The summed E-state index contributed by atoms with van der Waals surface area (Å²) in [5.41, 5.74) is 0. The van der Waals surface area contributed by atoms with Gasteiger partial charge >= 0.3 is 0 Å². The molecule has 0 aromatic heterocycles. The van der Waals surface area contributed by atoms with E-state index in [9.17, 15) is 14.7 Å². The summed E-state index contributed by atoms with van der Waals surface area (Å²) in [6.07, 6.45) is -0.714. The second kappa shape index (κ2) is 11.3. The number of ether oxygens (including phenoxy) is 2. The highest BCUT2D eigenvalue weighted by Crippen LogP contribution is 2.26. The molecule has 8 heteroatoms. The Kier molecular flexibility index (Phi) is 9.25. The number of nitrogens with one attached hydrogen (secondary N) is 3. The third kappa shape index (κ3) is 8.35. The third-order valence-corrected chi connectivity index (χ3v) is 2.97. The molecule has 8 nitrogen and oxygen atoms in total. The van der Waals surface area contributed by atoms with Crippen molar-refractivity contribution in [2.75, 3.05) is 39.9 Å². The molecule has 0 radical (unpaired) electrons.